The van der Waals surface area contributed by atoms with Crippen LogP contribution >= 0.6 is 0 Å². The van der Waals surface area contributed by atoms with Crippen molar-refractivity contribution in [2.45, 2.75) is 27.7 Å². The normalized spacial score (nSPS) is 11.5. The van der Waals surface area contributed by atoms with E-state index in [0.717, 1.165) is 5.75 Å². The third kappa shape index (κ3) is 3.24. The second kappa shape index (κ2) is 4.67. The van der Waals surface area contributed by atoms with Crippen molar-refractivity contribution in [2.75, 3.05) is 13.2 Å². The molecule has 0 saturated carbocycles. The number of benzene rings is 1. The lowest BCUT2D eigenvalue weighted by Gasteiger charge is -2.23. The molecule has 1 aromatic carbocycles. The number of hydrogen-bond acceptors (Lipinski definition) is 2. The first kappa shape index (κ1) is 12.1. The monoisotopic (exact) mass is 207 g/mol. The molecule has 0 aliphatic heterocycles. The number of hydrogen-bond donors (Lipinski definition) is 1. The standard InChI is InChI=1S/C13H21NO/c1-10-6-5-7-11(2)12(10)15-9-13(3,4)8-14/h5-7H,8-9,14H2,1-4H3. The summed E-state index contributed by atoms with van der Waals surface area (Å²) in [5, 5.41) is 0. The molecule has 2 nitrogen and oxygen atoms in total. The first-order valence-electron chi connectivity index (χ1n) is 5.35. The molecule has 0 fully saturated rings. The molecule has 0 spiro atoms. The predicted molar refractivity (Wildman–Crippen MR) is 64.2 cm³/mol. The summed E-state index contributed by atoms with van der Waals surface area (Å²) in [6.45, 7) is 9.66. The van der Waals surface area contributed by atoms with Crippen molar-refractivity contribution >= 4 is 0 Å². The van der Waals surface area contributed by atoms with E-state index in [9.17, 15) is 0 Å². The van der Waals surface area contributed by atoms with Crippen LogP contribution in [0.25, 0.3) is 0 Å². The van der Waals surface area contributed by atoms with Crippen LogP contribution in [0.15, 0.2) is 18.2 Å². The summed E-state index contributed by atoms with van der Waals surface area (Å²) in [6, 6.07) is 6.18. The number of nitrogens with two attached hydrogens (primary N) is 1. The Balaban J connectivity index is 2.73. The Morgan fingerprint density at radius 3 is 2.20 bits per heavy atom. The first-order chi connectivity index (χ1) is 6.96. The minimum atomic E-state index is 0.0364. The summed E-state index contributed by atoms with van der Waals surface area (Å²) in [4.78, 5) is 0. The summed E-state index contributed by atoms with van der Waals surface area (Å²) in [7, 11) is 0. The molecule has 2 N–H and O–H groups in total. The second-order valence-electron chi connectivity index (χ2n) is 4.88. The van der Waals surface area contributed by atoms with E-state index in [1.807, 2.05) is 6.07 Å². The molecule has 0 heterocycles. The van der Waals surface area contributed by atoms with Gasteiger partial charge in [0.1, 0.15) is 5.75 Å². The largest absolute Gasteiger partial charge is 0.492 e. The number of para-hydroxylation sites is 1. The van der Waals surface area contributed by atoms with Gasteiger partial charge in [-0.05, 0) is 25.0 Å². The molecule has 15 heavy (non-hydrogen) atoms. The molecule has 0 atom stereocenters. The lowest BCUT2D eigenvalue weighted by molar-refractivity contribution is 0.185. The van der Waals surface area contributed by atoms with E-state index in [1.165, 1.54) is 11.1 Å². The highest BCUT2D eigenvalue weighted by Crippen LogP contribution is 2.24. The van der Waals surface area contributed by atoms with Gasteiger partial charge < -0.3 is 10.5 Å². The molecule has 1 aromatic rings. The molecule has 0 radical (unpaired) electrons. The summed E-state index contributed by atoms with van der Waals surface area (Å²) in [5.41, 5.74) is 8.07. The van der Waals surface area contributed by atoms with E-state index in [1.54, 1.807) is 0 Å². The fourth-order valence-electron chi connectivity index (χ4n) is 1.35. The lowest BCUT2D eigenvalue weighted by atomic mass is 9.95. The summed E-state index contributed by atoms with van der Waals surface area (Å²) in [6.07, 6.45) is 0. The molecule has 0 saturated heterocycles. The van der Waals surface area contributed by atoms with Crippen molar-refractivity contribution < 1.29 is 4.74 Å². The molecule has 0 aliphatic carbocycles. The van der Waals surface area contributed by atoms with Gasteiger partial charge in [0, 0.05) is 12.0 Å². The van der Waals surface area contributed by atoms with Crippen LogP contribution in [0.5, 0.6) is 5.75 Å². The second-order valence-corrected chi connectivity index (χ2v) is 4.88. The van der Waals surface area contributed by atoms with Crippen LogP contribution in [-0.2, 0) is 0 Å². The van der Waals surface area contributed by atoms with Crippen LogP contribution in [0, 0.1) is 19.3 Å². The summed E-state index contributed by atoms with van der Waals surface area (Å²) >= 11 is 0. The van der Waals surface area contributed by atoms with Gasteiger partial charge in [-0.3, -0.25) is 0 Å². The van der Waals surface area contributed by atoms with Gasteiger partial charge in [-0.25, -0.2) is 0 Å². The molecule has 84 valence electrons. The topological polar surface area (TPSA) is 35.2 Å². The molecular weight excluding hydrogens is 186 g/mol. The smallest absolute Gasteiger partial charge is 0.125 e. The number of rotatable bonds is 4. The van der Waals surface area contributed by atoms with Crippen LogP contribution in [0.4, 0.5) is 0 Å². The third-order valence-electron chi connectivity index (χ3n) is 2.57. The van der Waals surface area contributed by atoms with Gasteiger partial charge in [0.05, 0.1) is 6.61 Å². The minimum absolute atomic E-state index is 0.0364. The quantitative estimate of drug-likeness (QED) is 0.823. The highest BCUT2D eigenvalue weighted by molar-refractivity contribution is 5.39. The van der Waals surface area contributed by atoms with Gasteiger partial charge in [-0.1, -0.05) is 32.0 Å². The van der Waals surface area contributed by atoms with E-state index in [0.29, 0.717) is 13.2 Å². The molecule has 0 aliphatic rings. The van der Waals surface area contributed by atoms with Crippen molar-refractivity contribution in [1.29, 1.82) is 0 Å². The van der Waals surface area contributed by atoms with Gasteiger partial charge in [0.2, 0.25) is 0 Å². The molecular formula is C13H21NO. The molecule has 0 unspecified atom stereocenters. The van der Waals surface area contributed by atoms with Crippen LogP contribution in [0.2, 0.25) is 0 Å². The first-order valence-corrected chi connectivity index (χ1v) is 5.35. The van der Waals surface area contributed by atoms with Gasteiger partial charge in [-0.15, -0.1) is 0 Å². The maximum Gasteiger partial charge on any atom is 0.125 e. The number of ether oxygens (including phenoxy) is 1. The lowest BCUT2D eigenvalue weighted by Crippen LogP contribution is -2.30. The Labute approximate surface area is 92.4 Å². The fourth-order valence-corrected chi connectivity index (χ4v) is 1.35. The Bertz CT molecular complexity index is 311. The molecule has 1 rings (SSSR count). The van der Waals surface area contributed by atoms with E-state index in [4.69, 9.17) is 10.5 Å². The van der Waals surface area contributed by atoms with E-state index in [2.05, 4.69) is 39.8 Å². The Morgan fingerprint density at radius 1 is 1.20 bits per heavy atom. The van der Waals surface area contributed by atoms with E-state index < -0.39 is 0 Å². The predicted octanol–water partition coefficient (Wildman–Crippen LogP) is 2.67. The zero-order valence-electron chi connectivity index (χ0n) is 10.1. The third-order valence-corrected chi connectivity index (χ3v) is 2.57. The van der Waals surface area contributed by atoms with Gasteiger partial charge >= 0.3 is 0 Å². The van der Waals surface area contributed by atoms with Gasteiger partial charge in [-0.2, -0.15) is 0 Å². The highest BCUT2D eigenvalue weighted by Gasteiger charge is 2.17. The van der Waals surface area contributed by atoms with Gasteiger partial charge in [0.25, 0.3) is 0 Å². The molecule has 0 bridgehead atoms. The molecule has 2 heteroatoms. The van der Waals surface area contributed by atoms with Crippen LogP contribution in [0.3, 0.4) is 0 Å². The van der Waals surface area contributed by atoms with Crippen molar-refractivity contribution in [3.8, 4) is 5.75 Å². The Hall–Kier alpha value is -1.02. The van der Waals surface area contributed by atoms with Crippen molar-refractivity contribution in [1.82, 2.24) is 0 Å². The zero-order chi connectivity index (χ0) is 11.5. The van der Waals surface area contributed by atoms with Crippen LogP contribution in [-0.4, -0.2) is 13.2 Å². The number of aryl methyl sites for hydroxylation is 2. The maximum atomic E-state index is 5.84. The summed E-state index contributed by atoms with van der Waals surface area (Å²) in [5.74, 6) is 0.999. The zero-order valence-corrected chi connectivity index (χ0v) is 10.1. The highest BCUT2D eigenvalue weighted by atomic mass is 16.5. The van der Waals surface area contributed by atoms with Crippen molar-refractivity contribution in [3.05, 3.63) is 29.3 Å². The summed E-state index contributed by atoms with van der Waals surface area (Å²) < 4.78 is 5.84. The SMILES string of the molecule is Cc1cccc(C)c1OCC(C)(C)CN. The Morgan fingerprint density at radius 2 is 1.73 bits per heavy atom. The van der Waals surface area contributed by atoms with Crippen LogP contribution < -0.4 is 10.5 Å². The molecule has 0 aromatic heterocycles. The van der Waals surface area contributed by atoms with Crippen molar-refractivity contribution in [3.63, 3.8) is 0 Å². The van der Waals surface area contributed by atoms with Crippen LogP contribution in [0.1, 0.15) is 25.0 Å². The fraction of sp³-hybridized carbons (Fsp3) is 0.538. The maximum absolute atomic E-state index is 5.84. The molecule has 0 amide bonds. The van der Waals surface area contributed by atoms with E-state index in [-0.39, 0.29) is 5.41 Å². The minimum Gasteiger partial charge on any atom is -0.492 e. The van der Waals surface area contributed by atoms with E-state index >= 15 is 0 Å². The average molecular weight is 207 g/mol. The average Bonchev–Trinajstić information content (AvgIpc) is 2.17. The Kier molecular flexibility index (Phi) is 3.75. The van der Waals surface area contributed by atoms with Crippen molar-refractivity contribution in [2.24, 2.45) is 11.1 Å². The van der Waals surface area contributed by atoms with Gasteiger partial charge in [0.15, 0.2) is 0 Å².